The molecule has 1 fully saturated rings. The van der Waals surface area contributed by atoms with Gasteiger partial charge in [-0.15, -0.1) is 0 Å². The van der Waals surface area contributed by atoms with E-state index in [9.17, 15) is 41.1 Å². The Morgan fingerprint density at radius 3 is 2.36 bits per heavy atom. The third kappa shape index (κ3) is 4.28. The van der Waals surface area contributed by atoms with Crippen LogP contribution in [0.5, 0.6) is 0 Å². The van der Waals surface area contributed by atoms with E-state index < -0.39 is 71.8 Å². The van der Waals surface area contributed by atoms with E-state index in [0.717, 1.165) is 18.2 Å². The Balaban J connectivity index is 1.65. The van der Waals surface area contributed by atoms with Crippen molar-refractivity contribution >= 4 is 29.1 Å². The van der Waals surface area contributed by atoms with Crippen LogP contribution in [0.3, 0.4) is 0 Å². The van der Waals surface area contributed by atoms with Crippen LogP contribution in [-0.4, -0.2) is 47.1 Å². The van der Waals surface area contributed by atoms with Crippen LogP contribution in [0.4, 0.5) is 27.6 Å². The summed E-state index contributed by atoms with van der Waals surface area (Å²) < 4.78 is 69.5. The van der Waals surface area contributed by atoms with E-state index in [1.54, 1.807) is 0 Å². The van der Waals surface area contributed by atoms with E-state index in [0.29, 0.717) is 0 Å². The standard InChI is InChI=1S/C24H22F5N3O4/c1-11-18(20(34)17(33)7-23(22(36)30-2)9-24(28,29)10-23)16-5-12(25)8-32(16)19(11)21(35)31-13-3-4-14(26)15(27)6-13/h3-4,6,12H,5,7-10H2,1-2H3,(H,30,36)(H,31,35)/t12-/m1/s1. The summed E-state index contributed by atoms with van der Waals surface area (Å²) in [5.41, 5.74) is -2.08. The summed E-state index contributed by atoms with van der Waals surface area (Å²) in [7, 11) is 1.23. The summed E-state index contributed by atoms with van der Waals surface area (Å²) in [6, 6.07) is 2.66. The zero-order valence-electron chi connectivity index (χ0n) is 19.3. The molecule has 192 valence electrons. The van der Waals surface area contributed by atoms with Crippen molar-refractivity contribution in [3.63, 3.8) is 0 Å². The highest BCUT2D eigenvalue weighted by Crippen LogP contribution is 2.54. The number of anilines is 1. The number of carbonyl (C=O) groups excluding carboxylic acids is 4. The number of ketones is 2. The van der Waals surface area contributed by atoms with Crippen molar-refractivity contribution in [1.29, 1.82) is 0 Å². The Bertz CT molecular complexity index is 1300. The van der Waals surface area contributed by atoms with Gasteiger partial charge in [0.1, 0.15) is 11.9 Å². The molecule has 1 aromatic heterocycles. The first-order valence-electron chi connectivity index (χ1n) is 11.1. The van der Waals surface area contributed by atoms with E-state index in [1.807, 2.05) is 0 Å². The first-order chi connectivity index (χ1) is 16.8. The lowest BCUT2D eigenvalue weighted by atomic mass is 9.62. The van der Waals surface area contributed by atoms with Gasteiger partial charge in [-0.2, -0.15) is 0 Å². The monoisotopic (exact) mass is 511 g/mol. The highest BCUT2D eigenvalue weighted by molar-refractivity contribution is 6.45. The fourth-order valence-corrected chi connectivity index (χ4v) is 5.15. The number of hydrogen-bond acceptors (Lipinski definition) is 4. The van der Waals surface area contributed by atoms with Gasteiger partial charge in [-0.25, -0.2) is 22.0 Å². The van der Waals surface area contributed by atoms with Crippen LogP contribution in [0.1, 0.15) is 51.4 Å². The van der Waals surface area contributed by atoms with Crippen LogP contribution in [0.2, 0.25) is 0 Å². The van der Waals surface area contributed by atoms with Gasteiger partial charge in [0.2, 0.25) is 23.4 Å². The average molecular weight is 511 g/mol. The van der Waals surface area contributed by atoms with Gasteiger partial charge in [0.05, 0.1) is 17.5 Å². The van der Waals surface area contributed by atoms with Crippen LogP contribution < -0.4 is 10.6 Å². The summed E-state index contributed by atoms with van der Waals surface area (Å²) in [6.45, 7) is 1.08. The maximum absolute atomic E-state index is 14.3. The molecule has 1 aliphatic carbocycles. The van der Waals surface area contributed by atoms with Gasteiger partial charge in [0, 0.05) is 50.2 Å². The number of carbonyl (C=O) groups is 4. The number of nitrogens with zero attached hydrogens (tertiary/aromatic N) is 1. The maximum Gasteiger partial charge on any atom is 0.272 e. The molecular weight excluding hydrogens is 489 g/mol. The van der Waals surface area contributed by atoms with Gasteiger partial charge < -0.3 is 15.2 Å². The van der Waals surface area contributed by atoms with Gasteiger partial charge in [0.15, 0.2) is 11.6 Å². The lowest BCUT2D eigenvalue weighted by molar-refractivity contribution is -0.181. The number of hydrogen-bond donors (Lipinski definition) is 2. The van der Waals surface area contributed by atoms with Crippen molar-refractivity contribution in [2.24, 2.45) is 5.41 Å². The molecule has 1 atom stereocenters. The number of fused-ring (bicyclic) bond motifs is 1. The number of nitrogens with one attached hydrogen (secondary N) is 2. The largest absolute Gasteiger partial charge is 0.359 e. The molecule has 2 heterocycles. The van der Waals surface area contributed by atoms with Crippen LogP contribution in [0.15, 0.2) is 18.2 Å². The van der Waals surface area contributed by atoms with Gasteiger partial charge in [0.25, 0.3) is 5.91 Å². The number of Topliss-reactive ketones (excluding diaryl/α,β-unsaturated/α-hetero) is 2. The molecule has 1 saturated carbocycles. The molecule has 2 aromatic rings. The molecule has 2 aliphatic rings. The number of amides is 2. The van der Waals surface area contributed by atoms with Crippen molar-refractivity contribution in [1.82, 2.24) is 9.88 Å². The minimum atomic E-state index is -3.14. The molecule has 0 unspecified atom stereocenters. The van der Waals surface area contributed by atoms with Gasteiger partial charge in [-0.05, 0) is 24.6 Å². The van der Waals surface area contributed by atoms with Gasteiger partial charge >= 0.3 is 0 Å². The smallest absolute Gasteiger partial charge is 0.272 e. The Labute approximate surface area is 202 Å². The van der Waals surface area contributed by atoms with Crippen LogP contribution >= 0.6 is 0 Å². The van der Waals surface area contributed by atoms with Crippen molar-refractivity contribution < 1.29 is 41.1 Å². The first-order valence-corrected chi connectivity index (χ1v) is 11.1. The number of rotatable bonds is 7. The summed E-state index contributed by atoms with van der Waals surface area (Å²) in [4.78, 5) is 51.3. The molecule has 12 heteroatoms. The fraction of sp³-hybridized carbons (Fsp3) is 0.417. The maximum atomic E-state index is 14.3. The number of benzene rings is 1. The van der Waals surface area contributed by atoms with E-state index in [1.165, 1.54) is 18.5 Å². The van der Waals surface area contributed by atoms with E-state index in [4.69, 9.17) is 0 Å². The highest BCUT2D eigenvalue weighted by atomic mass is 19.3. The molecule has 7 nitrogen and oxygen atoms in total. The normalized spacial score (nSPS) is 19.2. The zero-order chi connectivity index (χ0) is 26.6. The molecule has 2 N–H and O–H groups in total. The van der Waals surface area contributed by atoms with Crippen molar-refractivity contribution in [3.05, 3.63) is 52.3 Å². The summed E-state index contributed by atoms with van der Waals surface area (Å²) >= 11 is 0. The topological polar surface area (TPSA) is 97.3 Å². The summed E-state index contributed by atoms with van der Waals surface area (Å²) in [6.07, 6.45) is -4.27. The second-order valence-electron chi connectivity index (χ2n) is 9.29. The lowest BCUT2D eigenvalue weighted by Gasteiger charge is -2.45. The van der Waals surface area contributed by atoms with Crippen LogP contribution in [-0.2, 0) is 22.6 Å². The quantitative estimate of drug-likeness (QED) is 0.338. The highest BCUT2D eigenvalue weighted by Gasteiger charge is 2.61. The predicted molar refractivity (Wildman–Crippen MR) is 117 cm³/mol. The molecule has 1 aliphatic heterocycles. The Morgan fingerprint density at radius 1 is 1.11 bits per heavy atom. The first kappa shape index (κ1) is 25.5. The summed E-state index contributed by atoms with van der Waals surface area (Å²) in [5, 5.41) is 4.61. The Kier molecular flexibility index (Phi) is 6.26. The van der Waals surface area contributed by atoms with Crippen LogP contribution in [0.25, 0.3) is 0 Å². The minimum Gasteiger partial charge on any atom is -0.359 e. The lowest BCUT2D eigenvalue weighted by Crippen LogP contribution is -2.55. The Morgan fingerprint density at radius 2 is 1.78 bits per heavy atom. The van der Waals surface area contributed by atoms with Crippen molar-refractivity contribution in [2.75, 3.05) is 12.4 Å². The third-order valence-electron chi connectivity index (χ3n) is 6.68. The predicted octanol–water partition coefficient (Wildman–Crippen LogP) is 3.52. The SMILES string of the molecule is CNC(=O)C1(CC(=O)C(=O)c2c(C)c(C(=O)Nc3ccc(F)c(F)c3)n3c2C[C@@H](F)C3)CC(F)(F)C1. The second kappa shape index (κ2) is 8.82. The molecule has 4 rings (SSSR count). The molecule has 0 radical (unpaired) electrons. The molecule has 1 aromatic carbocycles. The molecule has 0 spiro atoms. The molecule has 0 saturated heterocycles. The molecular formula is C24H22F5N3O4. The number of halogens is 5. The van der Waals surface area contributed by atoms with Gasteiger partial charge in [-0.3, -0.25) is 19.2 Å². The zero-order valence-corrected chi connectivity index (χ0v) is 19.3. The molecule has 36 heavy (non-hydrogen) atoms. The van der Waals surface area contributed by atoms with E-state index in [2.05, 4.69) is 10.6 Å². The van der Waals surface area contributed by atoms with E-state index >= 15 is 0 Å². The van der Waals surface area contributed by atoms with Gasteiger partial charge in [-0.1, -0.05) is 0 Å². The van der Waals surface area contributed by atoms with Crippen LogP contribution in [0, 0.1) is 24.0 Å². The van der Waals surface area contributed by atoms with E-state index in [-0.39, 0.29) is 41.2 Å². The Hall–Kier alpha value is -3.57. The fourth-order valence-electron chi connectivity index (χ4n) is 5.15. The average Bonchev–Trinajstić information content (AvgIpc) is 3.26. The second-order valence-corrected chi connectivity index (χ2v) is 9.29. The molecule has 0 bridgehead atoms. The van der Waals surface area contributed by atoms with Crippen molar-refractivity contribution in [2.45, 2.75) is 51.2 Å². The summed E-state index contributed by atoms with van der Waals surface area (Å²) in [5.74, 6) is -9.34. The van der Waals surface area contributed by atoms with Crippen molar-refractivity contribution in [3.8, 4) is 0 Å². The number of alkyl halides is 3. The third-order valence-corrected chi connectivity index (χ3v) is 6.68. The molecule has 2 amide bonds. The number of aromatic nitrogens is 1. The minimum absolute atomic E-state index is 0.0447.